The van der Waals surface area contributed by atoms with E-state index in [1.807, 2.05) is 6.07 Å². The number of nitrogens with one attached hydrogen (secondary N) is 1. The van der Waals surface area contributed by atoms with Gasteiger partial charge in [-0.15, -0.1) is 0 Å². The molecule has 0 amide bonds. The Morgan fingerprint density at radius 1 is 1.19 bits per heavy atom. The lowest BCUT2D eigenvalue weighted by atomic mass is 9.77. The third-order valence-electron chi connectivity index (χ3n) is 5.24. The molecule has 1 N–H and O–H groups in total. The van der Waals surface area contributed by atoms with E-state index in [2.05, 4.69) is 17.1 Å². The van der Waals surface area contributed by atoms with Crippen LogP contribution in [0.3, 0.4) is 0 Å². The number of benzene rings is 1. The van der Waals surface area contributed by atoms with Crippen LogP contribution in [0, 0.1) is 11.7 Å². The molecule has 3 rings (SSSR count). The van der Waals surface area contributed by atoms with Crippen LogP contribution in [0.25, 0.3) is 0 Å². The summed E-state index contributed by atoms with van der Waals surface area (Å²) in [6.07, 6.45) is 8.16. The van der Waals surface area contributed by atoms with Crippen LogP contribution in [0.1, 0.15) is 45.4 Å². The summed E-state index contributed by atoms with van der Waals surface area (Å²) in [5.41, 5.74) is 1.00. The van der Waals surface area contributed by atoms with Crippen molar-refractivity contribution in [2.75, 3.05) is 18.0 Å². The van der Waals surface area contributed by atoms with E-state index in [-0.39, 0.29) is 5.82 Å². The molecular formula is C18H27FN2. The molecule has 1 aliphatic carbocycles. The molecule has 0 spiro atoms. The summed E-state index contributed by atoms with van der Waals surface area (Å²) in [5.74, 6) is 0.758. The summed E-state index contributed by atoms with van der Waals surface area (Å²) in [4.78, 5) is 2.30. The molecule has 3 heteroatoms. The van der Waals surface area contributed by atoms with Crippen molar-refractivity contribution in [1.82, 2.24) is 5.32 Å². The number of halogens is 1. The van der Waals surface area contributed by atoms with Crippen molar-refractivity contribution < 1.29 is 4.39 Å². The Labute approximate surface area is 127 Å². The molecule has 1 heterocycles. The molecule has 1 saturated carbocycles. The zero-order valence-corrected chi connectivity index (χ0v) is 13.0. The standard InChI is InChI=1S/C18H27FN2/c1-2-21(17-8-5-7-15(19)12-17)13-16-11-10-14-6-3-4-9-18(14)20-16/h5,7-8,12,14,16,18,20H,2-4,6,9-11,13H2,1H3. The van der Waals surface area contributed by atoms with Gasteiger partial charge in [-0.25, -0.2) is 4.39 Å². The number of piperidine rings is 1. The van der Waals surface area contributed by atoms with Crippen molar-refractivity contribution in [2.24, 2.45) is 5.92 Å². The van der Waals surface area contributed by atoms with Gasteiger partial charge in [-0.2, -0.15) is 0 Å². The van der Waals surface area contributed by atoms with Gasteiger partial charge in [-0.3, -0.25) is 0 Å². The molecule has 2 fully saturated rings. The Hall–Kier alpha value is -1.09. The van der Waals surface area contributed by atoms with Crippen LogP contribution in [0.15, 0.2) is 24.3 Å². The minimum atomic E-state index is -0.144. The van der Waals surface area contributed by atoms with E-state index in [1.54, 1.807) is 12.1 Å². The molecule has 3 atom stereocenters. The molecule has 1 aromatic rings. The Morgan fingerprint density at radius 3 is 2.86 bits per heavy atom. The van der Waals surface area contributed by atoms with Gasteiger partial charge in [0.1, 0.15) is 5.82 Å². The van der Waals surface area contributed by atoms with Crippen LogP contribution in [0.4, 0.5) is 10.1 Å². The first kappa shape index (κ1) is 14.8. The maximum atomic E-state index is 13.4. The number of hydrogen-bond acceptors (Lipinski definition) is 2. The van der Waals surface area contributed by atoms with E-state index in [0.717, 1.165) is 30.7 Å². The maximum absolute atomic E-state index is 13.4. The molecule has 2 aliphatic rings. The van der Waals surface area contributed by atoms with Crippen molar-refractivity contribution >= 4 is 5.69 Å². The largest absolute Gasteiger partial charge is 0.370 e. The fraction of sp³-hybridized carbons (Fsp3) is 0.667. The number of rotatable bonds is 4. The molecule has 3 unspecified atom stereocenters. The zero-order valence-electron chi connectivity index (χ0n) is 13.0. The SMILES string of the molecule is CCN(CC1CCC2CCCCC2N1)c1cccc(F)c1. The van der Waals surface area contributed by atoms with E-state index >= 15 is 0 Å². The highest BCUT2D eigenvalue weighted by molar-refractivity contribution is 5.46. The van der Waals surface area contributed by atoms with Crippen molar-refractivity contribution in [3.8, 4) is 0 Å². The normalized spacial score (nSPS) is 29.0. The fourth-order valence-corrected chi connectivity index (χ4v) is 4.07. The Morgan fingerprint density at radius 2 is 2.05 bits per heavy atom. The lowest BCUT2D eigenvalue weighted by molar-refractivity contribution is 0.177. The number of hydrogen-bond donors (Lipinski definition) is 1. The number of fused-ring (bicyclic) bond motifs is 1. The van der Waals surface area contributed by atoms with Gasteiger partial charge >= 0.3 is 0 Å². The summed E-state index contributed by atoms with van der Waals surface area (Å²) in [6, 6.07) is 8.26. The minimum absolute atomic E-state index is 0.144. The molecule has 1 aliphatic heterocycles. The van der Waals surface area contributed by atoms with Crippen LogP contribution < -0.4 is 10.2 Å². The monoisotopic (exact) mass is 290 g/mol. The first-order chi connectivity index (χ1) is 10.3. The smallest absolute Gasteiger partial charge is 0.125 e. The van der Waals surface area contributed by atoms with Gasteiger partial charge in [0, 0.05) is 30.9 Å². The second-order valence-corrected chi connectivity index (χ2v) is 6.61. The highest BCUT2D eigenvalue weighted by atomic mass is 19.1. The minimum Gasteiger partial charge on any atom is -0.370 e. The van der Waals surface area contributed by atoms with Crippen molar-refractivity contribution in [3.05, 3.63) is 30.1 Å². The summed E-state index contributed by atoms with van der Waals surface area (Å²) in [7, 11) is 0. The molecule has 2 nitrogen and oxygen atoms in total. The second-order valence-electron chi connectivity index (χ2n) is 6.61. The molecular weight excluding hydrogens is 263 g/mol. The zero-order chi connectivity index (χ0) is 14.7. The van der Waals surface area contributed by atoms with Gasteiger partial charge in [0.05, 0.1) is 0 Å². The number of likely N-dealkylation sites (N-methyl/N-ethyl adjacent to an activating group) is 1. The third kappa shape index (κ3) is 3.57. The fourth-order valence-electron chi connectivity index (χ4n) is 4.07. The molecule has 116 valence electrons. The van der Waals surface area contributed by atoms with Crippen LogP contribution in [-0.4, -0.2) is 25.2 Å². The van der Waals surface area contributed by atoms with Gasteiger partial charge in [-0.1, -0.05) is 18.9 Å². The van der Waals surface area contributed by atoms with Crippen LogP contribution >= 0.6 is 0 Å². The predicted octanol–water partition coefficient (Wildman–Crippen LogP) is 3.96. The maximum Gasteiger partial charge on any atom is 0.125 e. The lowest BCUT2D eigenvalue weighted by Crippen LogP contribution is -2.53. The van der Waals surface area contributed by atoms with Gasteiger partial charge in [0.25, 0.3) is 0 Å². The molecule has 0 aromatic heterocycles. The molecule has 0 radical (unpaired) electrons. The molecule has 1 saturated heterocycles. The molecule has 1 aromatic carbocycles. The van der Waals surface area contributed by atoms with Crippen LogP contribution in [0.2, 0.25) is 0 Å². The van der Waals surface area contributed by atoms with E-state index in [4.69, 9.17) is 0 Å². The highest BCUT2D eigenvalue weighted by Crippen LogP contribution is 2.32. The summed E-state index contributed by atoms with van der Waals surface area (Å²) in [5, 5.41) is 3.87. The van der Waals surface area contributed by atoms with Crippen molar-refractivity contribution in [3.63, 3.8) is 0 Å². The van der Waals surface area contributed by atoms with E-state index in [1.165, 1.54) is 44.6 Å². The quantitative estimate of drug-likeness (QED) is 0.903. The van der Waals surface area contributed by atoms with Gasteiger partial charge in [-0.05, 0) is 56.7 Å². The van der Waals surface area contributed by atoms with Crippen LogP contribution in [-0.2, 0) is 0 Å². The summed E-state index contributed by atoms with van der Waals surface area (Å²) in [6.45, 7) is 4.07. The Bertz CT molecular complexity index is 462. The second kappa shape index (κ2) is 6.78. The molecule has 21 heavy (non-hydrogen) atoms. The van der Waals surface area contributed by atoms with Gasteiger partial charge in [0.2, 0.25) is 0 Å². The average molecular weight is 290 g/mol. The first-order valence-corrected chi connectivity index (χ1v) is 8.53. The van der Waals surface area contributed by atoms with E-state index in [9.17, 15) is 4.39 Å². The van der Waals surface area contributed by atoms with Crippen molar-refractivity contribution in [1.29, 1.82) is 0 Å². The predicted molar refractivity (Wildman–Crippen MR) is 86.2 cm³/mol. The topological polar surface area (TPSA) is 15.3 Å². The van der Waals surface area contributed by atoms with Crippen molar-refractivity contribution in [2.45, 2.75) is 57.5 Å². The third-order valence-corrected chi connectivity index (χ3v) is 5.24. The average Bonchev–Trinajstić information content (AvgIpc) is 2.52. The van der Waals surface area contributed by atoms with E-state index < -0.39 is 0 Å². The van der Waals surface area contributed by atoms with Gasteiger partial charge < -0.3 is 10.2 Å². The molecule has 0 bridgehead atoms. The first-order valence-electron chi connectivity index (χ1n) is 8.53. The lowest BCUT2D eigenvalue weighted by Gasteiger charge is -2.42. The highest BCUT2D eigenvalue weighted by Gasteiger charge is 2.32. The Balaban J connectivity index is 1.62. The van der Waals surface area contributed by atoms with Crippen LogP contribution in [0.5, 0.6) is 0 Å². The Kier molecular flexibility index (Phi) is 4.79. The number of nitrogens with zero attached hydrogens (tertiary/aromatic N) is 1. The summed E-state index contributed by atoms with van der Waals surface area (Å²) < 4.78 is 13.4. The number of anilines is 1. The summed E-state index contributed by atoms with van der Waals surface area (Å²) >= 11 is 0. The van der Waals surface area contributed by atoms with E-state index in [0.29, 0.717) is 6.04 Å². The van der Waals surface area contributed by atoms with Gasteiger partial charge in [0.15, 0.2) is 0 Å².